The molecule has 3 aromatic rings. The molecule has 0 radical (unpaired) electrons. The van der Waals surface area contributed by atoms with Gasteiger partial charge in [0.2, 0.25) is 0 Å². The lowest BCUT2D eigenvalue weighted by Gasteiger charge is -2.24. The maximum Gasteiger partial charge on any atom is 0.255 e. The normalized spacial score (nSPS) is 15.0. The van der Waals surface area contributed by atoms with Crippen molar-refractivity contribution in [2.75, 3.05) is 13.1 Å². The number of piperidine rings is 1. The highest BCUT2D eigenvalue weighted by Gasteiger charge is 2.19. The van der Waals surface area contributed by atoms with E-state index in [0.29, 0.717) is 17.9 Å². The first-order valence-electron chi connectivity index (χ1n) is 9.37. The third kappa shape index (κ3) is 4.11. The summed E-state index contributed by atoms with van der Waals surface area (Å²) in [4.78, 5) is 17.3. The number of ether oxygens (including phenoxy) is 1. The zero-order valence-electron chi connectivity index (χ0n) is 15.4. The van der Waals surface area contributed by atoms with E-state index in [-0.39, 0.29) is 11.9 Å². The van der Waals surface area contributed by atoms with Gasteiger partial charge in [-0.1, -0.05) is 18.2 Å². The Morgan fingerprint density at radius 1 is 1.22 bits per heavy atom. The summed E-state index contributed by atoms with van der Waals surface area (Å²) < 4.78 is 7.93. The number of para-hydroxylation sites is 1. The number of benzene rings is 1. The fourth-order valence-corrected chi connectivity index (χ4v) is 3.39. The molecule has 1 aliphatic rings. The zero-order chi connectivity index (χ0) is 18.6. The number of fused-ring (bicyclic) bond motifs is 1. The Labute approximate surface area is 158 Å². The van der Waals surface area contributed by atoms with Crippen LogP contribution in [0.1, 0.15) is 34.5 Å². The van der Waals surface area contributed by atoms with Crippen LogP contribution in [-0.4, -0.2) is 34.4 Å². The Kier molecular flexibility index (Phi) is 5.07. The Morgan fingerprint density at radius 3 is 2.89 bits per heavy atom. The van der Waals surface area contributed by atoms with Crippen LogP contribution in [-0.2, 0) is 6.61 Å². The topological polar surface area (TPSA) is 67.7 Å². The molecule has 6 heteroatoms. The van der Waals surface area contributed by atoms with Crippen molar-refractivity contribution in [1.29, 1.82) is 0 Å². The number of hydrogen-bond donors (Lipinski definition) is 2. The maximum absolute atomic E-state index is 12.7. The Bertz CT molecular complexity index is 944. The number of nitrogens with one attached hydrogen (secondary N) is 2. The van der Waals surface area contributed by atoms with Crippen molar-refractivity contribution in [2.45, 2.75) is 32.4 Å². The fourth-order valence-electron chi connectivity index (χ4n) is 3.39. The molecule has 27 heavy (non-hydrogen) atoms. The van der Waals surface area contributed by atoms with E-state index in [1.807, 2.05) is 54.0 Å². The molecular formula is C21H24N4O2. The SMILES string of the molecule is Cc1ccc2nc(COc3ccccc3C(=O)NC3CCNCC3)cn2c1. The molecule has 1 amide bonds. The van der Waals surface area contributed by atoms with Gasteiger partial charge in [-0.2, -0.15) is 0 Å². The summed E-state index contributed by atoms with van der Waals surface area (Å²) in [7, 11) is 0. The van der Waals surface area contributed by atoms with Gasteiger partial charge in [0, 0.05) is 18.4 Å². The lowest BCUT2D eigenvalue weighted by Crippen LogP contribution is -2.42. The largest absolute Gasteiger partial charge is 0.486 e. The third-order valence-corrected chi connectivity index (χ3v) is 4.83. The van der Waals surface area contributed by atoms with Crippen molar-refractivity contribution in [2.24, 2.45) is 0 Å². The van der Waals surface area contributed by atoms with E-state index in [1.165, 1.54) is 5.56 Å². The number of aryl methyl sites for hydroxylation is 1. The highest BCUT2D eigenvalue weighted by atomic mass is 16.5. The minimum absolute atomic E-state index is 0.0804. The summed E-state index contributed by atoms with van der Waals surface area (Å²) in [5.74, 6) is 0.500. The molecule has 1 fully saturated rings. The summed E-state index contributed by atoms with van der Waals surface area (Å²) in [6.07, 6.45) is 5.90. The molecule has 0 saturated carbocycles. The van der Waals surface area contributed by atoms with Gasteiger partial charge in [0.15, 0.2) is 0 Å². The smallest absolute Gasteiger partial charge is 0.255 e. The molecule has 6 nitrogen and oxygen atoms in total. The van der Waals surface area contributed by atoms with Crippen molar-refractivity contribution in [1.82, 2.24) is 20.0 Å². The molecule has 1 saturated heterocycles. The monoisotopic (exact) mass is 364 g/mol. The number of imidazole rings is 1. The molecule has 1 aliphatic heterocycles. The van der Waals surface area contributed by atoms with E-state index < -0.39 is 0 Å². The van der Waals surface area contributed by atoms with E-state index in [1.54, 1.807) is 6.07 Å². The third-order valence-electron chi connectivity index (χ3n) is 4.83. The highest BCUT2D eigenvalue weighted by Crippen LogP contribution is 2.20. The van der Waals surface area contributed by atoms with Crippen LogP contribution in [0.15, 0.2) is 48.8 Å². The van der Waals surface area contributed by atoms with Gasteiger partial charge >= 0.3 is 0 Å². The molecule has 0 atom stereocenters. The number of nitrogens with zero attached hydrogens (tertiary/aromatic N) is 2. The van der Waals surface area contributed by atoms with Crippen molar-refractivity contribution >= 4 is 11.6 Å². The van der Waals surface area contributed by atoms with E-state index in [2.05, 4.69) is 15.6 Å². The Morgan fingerprint density at radius 2 is 2.04 bits per heavy atom. The average Bonchev–Trinajstić information content (AvgIpc) is 3.09. The van der Waals surface area contributed by atoms with Crippen LogP contribution in [0.5, 0.6) is 5.75 Å². The average molecular weight is 364 g/mol. The molecule has 3 heterocycles. The molecule has 0 unspecified atom stereocenters. The number of aromatic nitrogens is 2. The minimum atomic E-state index is -0.0804. The lowest BCUT2D eigenvalue weighted by molar-refractivity contribution is 0.0925. The van der Waals surface area contributed by atoms with Gasteiger partial charge in [-0.05, 0) is 56.6 Å². The fraction of sp³-hybridized carbons (Fsp3) is 0.333. The van der Waals surface area contributed by atoms with Gasteiger partial charge < -0.3 is 19.8 Å². The van der Waals surface area contributed by atoms with Gasteiger partial charge in [0.05, 0.1) is 11.3 Å². The quantitative estimate of drug-likeness (QED) is 0.730. The summed E-state index contributed by atoms with van der Waals surface area (Å²) in [6, 6.07) is 11.6. The number of hydrogen-bond acceptors (Lipinski definition) is 4. The molecule has 0 spiro atoms. The van der Waals surface area contributed by atoms with Gasteiger partial charge in [-0.3, -0.25) is 4.79 Å². The highest BCUT2D eigenvalue weighted by molar-refractivity contribution is 5.97. The first kappa shape index (κ1) is 17.5. The van der Waals surface area contributed by atoms with Crippen molar-refractivity contribution in [3.05, 3.63) is 65.6 Å². The Hall–Kier alpha value is -2.86. The van der Waals surface area contributed by atoms with Crippen LogP contribution in [0.4, 0.5) is 0 Å². The van der Waals surface area contributed by atoms with E-state index in [0.717, 1.165) is 37.3 Å². The zero-order valence-corrected chi connectivity index (χ0v) is 15.4. The minimum Gasteiger partial charge on any atom is -0.486 e. The lowest BCUT2D eigenvalue weighted by atomic mass is 10.1. The summed E-state index contributed by atoms with van der Waals surface area (Å²) in [6.45, 7) is 4.25. The van der Waals surface area contributed by atoms with Crippen LogP contribution in [0, 0.1) is 6.92 Å². The van der Waals surface area contributed by atoms with E-state index in [9.17, 15) is 4.79 Å². The van der Waals surface area contributed by atoms with Gasteiger partial charge in [-0.25, -0.2) is 4.98 Å². The predicted molar refractivity (Wildman–Crippen MR) is 104 cm³/mol. The van der Waals surface area contributed by atoms with Gasteiger partial charge in [0.25, 0.3) is 5.91 Å². The second kappa shape index (κ2) is 7.80. The molecule has 0 bridgehead atoms. The second-order valence-corrected chi connectivity index (χ2v) is 6.99. The van der Waals surface area contributed by atoms with Gasteiger partial charge in [-0.15, -0.1) is 0 Å². The van der Waals surface area contributed by atoms with Crippen LogP contribution in [0.2, 0.25) is 0 Å². The molecular weight excluding hydrogens is 340 g/mol. The number of carbonyl (C=O) groups is 1. The van der Waals surface area contributed by atoms with E-state index >= 15 is 0 Å². The summed E-state index contributed by atoms with van der Waals surface area (Å²) in [5.41, 5.74) is 3.45. The maximum atomic E-state index is 12.7. The molecule has 140 valence electrons. The number of rotatable bonds is 5. The number of pyridine rings is 1. The summed E-state index contributed by atoms with van der Waals surface area (Å²) in [5, 5.41) is 6.43. The van der Waals surface area contributed by atoms with Gasteiger partial charge in [0.1, 0.15) is 18.0 Å². The van der Waals surface area contributed by atoms with Crippen LogP contribution >= 0.6 is 0 Å². The Balaban J connectivity index is 1.46. The first-order chi connectivity index (χ1) is 13.2. The molecule has 0 aliphatic carbocycles. The van der Waals surface area contributed by atoms with Crippen LogP contribution in [0.3, 0.4) is 0 Å². The second-order valence-electron chi connectivity index (χ2n) is 6.99. The van der Waals surface area contributed by atoms with Crippen molar-refractivity contribution < 1.29 is 9.53 Å². The molecule has 1 aromatic carbocycles. The van der Waals surface area contributed by atoms with Crippen LogP contribution < -0.4 is 15.4 Å². The number of carbonyl (C=O) groups excluding carboxylic acids is 1. The standard InChI is InChI=1S/C21H24N4O2/c1-15-6-7-20-23-17(13-25(20)12-15)14-27-19-5-3-2-4-18(19)21(26)24-16-8-10-22-11-9-16/h2-7,12-13,16,22H,8-11,14H2,1H3,(H,24,26). The molecule has 2 N–H and O–H groups in total. The molecule has 2 aromatic heterocycles. The van der Waals surface area contributed by atoms with E-state index in [4.69, 9.17) is 4.74 Å². The van der Waals surface area contributed by atoms with Crippen molar-refractivity contribution in [3.8, 4) is 5.75 Å². The molecule has 4 rings (SSSR count). The summed E-state index contributed by atoms with van der Waals surface area (Å²) >= 11 is 0. The number of amides is 1. The van der Waals surface area contributed by atoms with Crippen LogP contribution in [0.25, 0.3) is 5.65 Å². The first-order valence-corrected chi connectivity index (χ1v) is 9.37. The predicted octanol–water partition coefficient (Wildman–Crippen LogP) is 2.70. The van der Waals surface area contributed by atoms with Crippen molar-refractivity contribution in [3.63, 3.8) is 0 Å².